The lowest BCUT2D eigenvalue weighted by Crippen LogP contribution is -2.28. The molecule has 0 saturated heterocycles. The standard InChI is InChI=1S/C31H25FN4O4/c1-40-30(38)21-9-16-25-26(17-21)36-29(37)27(25)28(20-5-3-2-4-6-20)34-23-12-14-24(15-13-23)35-31(39)33-18-19-7-10-22(32)11-8-19/h2-17,36-37H,18H2,1H3,(H2,33,35,39). The summed E-state index contributed by atoms with van der Waals surface area (Å²) in [6.07, 6.45) is 0. The number of aromatic amines is 1. The molecule has 200 valence electrons. The molecule has 40 heavy (non-hydrogen) atoms. The summed E-state index contributed by atoms with van der Waals surface area (Å²) in [5.74, 6) is -0.901. The van der Waals surface area contributed by atoms with Gasteiger partial charge in [-0.1, -0.05) is 48.5 Å². The van der Waals surface area contributed by atoms with Gasteiger partial charge in [-0.15, -0.1) is 0 Å². The monoisotopic (exact) mass is 536 g/mol. The number of anilines is 1. The topological polar surface area (TPSA) is 116 Å². The van der Waals surface area contributed by atoms with Gasteiger partial charge >= 0.3 is 12.0 Å². The molecule has 5 aromatic rings. The van der Waals surface area contributed by atoms with Crippen molar-refractivity contribution in [3.63, 3.8) is 0 Å². The Balaban J connectivity index is 1.40. The number of aromatic nitrogens is 1. The molecule has 0 fully saturated rings. The summed E-state index contributed by atoms with van der Waals surface area (Å²) in [6.45, 7) is 0.254. The van der Waals surface area contributed by atoms with Gasteiger partial charge in [0.2, 0.25) is 0 Å². The van der Waals surface area contributed by atoms with E-state index in [1.807, 2.05) is 30.3 Å². The van der Waals surface area contributed by atoms with Crippen LogP contribution in [-0.4, -0.2) is 34.9 Å². The highest BCUT2D eigenvalue weighted by atomic mass is 19.1. The lowest BCUT2D eigenvalue weighted by atomic mass is 10.00. The Kier molecular flexibility index (Phi) is 7.54. The molecule has 0 atom stereocenters. The third-order valence-electron chi connectivity index (χ3n) is 6.22. The molecule has 2 amide bonds. The quantitative estimate of drug-likeness (QED) is 0.145. The molecule has 4 N–H and O–H groups in total. The van der Waals surface area contributed by atoms with Crippen molar-refractivity contribution in [1.82, 2.24) is 10.3 Å². The number of nitrogens with zero attached hydrogens (tertiary/aromatic N) is 1. The number of aliphatic imine (C=N–C) groups is 1. The molecule has 5 rings (SSSR count). The van der Waals surface area contributed by atoms with Gasteiger partial charge in [0.25, 0.3) is 0 Å². The summed E-state index contributed by atoms with van der Waals surface area (Å²) in [5, 5.41) is 17.1. The summed E-state index contributed by atoms with van der Waals surface area (Å²) in [4.78, 5) is 32.1. The highest BCUT2D eigenvalue weighted by molar-refractivity contribution is 6.22. The molecule has 0 saturated carbocycles. The van der Waals surface area contributed by atoms with Gasteiger partial charge in [0.05, 0.1) is 29.6 Å². The van der Waals surface area contributed by atoms with Crippen LogP contribution < -0.4 is 10.6 Å². The molecule has 0 bridgehead atoms. The molecular formula is C31H25FN4O4. The second-order valence-electron chi connectivity index (χ2n) is 8.91. The highest BCUT2D eigenvalue weighted by Crippen LogP contribution is 2.32. The fourth-order valence-electron chi connectivity index (χ4n) is 4.24. The Morgan fingerprint density at radius 2 is 1.65 bits per heavy atom. The molecule has 1 heterocycles. The number of carbonyl (C=O) groups is 2. The van der Waals surface area contributed by atoms with Gasteiger partial charge in [-0.2, -0.15) is 0 Å². The van der Waals surface area contributed by atoms with Crippen LogP contribution in [0.15, 0.2) is 102 Å². The number of esters is 1. The Morgan fingerprint density at radius 1 is 0.925 bits per heavy atom. The Hall–Kier alpha value is -5.44. The molecule has 0 radical (unpaired) electrons. The molecular weight excluding hydrogens is 511 g/mol. The zero-order valence-electron chi connectivity index (χ0n) is 21.4. The number of H-pyrrole nitrogens is 1. The number of urea groups is 1. The third kappa shape index (κ3) is 5.83. The first kappa shape index (κ1) is 26.2. The van der Waals surface area contributed by atoms with Crippen LogP contribution in [0.4, 0.5) is 20.6 Å². The second-order valence-corrected chi connectivity index (χ2v) is 8.91. The minimum absolute atomic E-state index is 0.0873. The number of nitrogens with one attached hydrogen (secondary N) is 3. The number of rotatable bonds is 7. The number of aromatic hydroxyl groups is 1. The second kappa shape index (κ2) is 11.5. The van der Waals surface area contributed by atoms with Gasteiger partial charge < -0.3 is 25.5 Å². The number of halogens is 1. The predicted octanol–water partition coefficient (Wildman–Crippen LogP) is 6.29. The average molecular weight is 537 g/mol. The van der Waals surface area contributed by atoms with E-state index in [-0.39, 0.29) is 18.2 Å². The van der Waals surface area contributed by atoms with Crippen LogP contribution in [0.2, 0.25) is 0 Å². The minimum Gasteiger partial charge on any atom is -0.494 e. The third-order valence-corrected chi connectivity index (χ3v) is 6.22. The molecule has 8 nitrogen and oxygen atoms in total. The average Bonchev–Trinajstić information content (AvgIpc) is 3.31. The zero-order chi connectivity index (χ0) is 28.1. The maximum Gasteiger partial charge on any atom is 0.337 e. The van der Waals surface area contributed by atoms with Crippen molar-refractivity contribution in [2.24, 2.45) is 4.99 Å². The lowest BCUT2D eigenvalue weighted by Gasteiger charge is -2.10. The van der Waals surface area contributed by atoms with Crippen LogP contribution in [0, 0.1) is 5.82 Å². The van der Waals surface area contributed by atoms with Crippen LogP contribution >= 0.6 is 0 Å². The van der Waals surface area contributed by atoms with Gasteiger partial charge in [0.1, 0.15) is 5.82 Å². The first-order valence-corrected chi connectivity index (χ1v) is 12.4. The Labute approximate surface area is 229 Å². The van der Waals surface area contributed by atoms with Gasteiger partial charge in [-0.25, -0.2) is 19.0 Å². The molecule has 0 spiro atoms. The van der Waals surface area contributed by atoms with E-state index in [9.17, 15) is 19.1 Å². The molecule has 9 heteroatoms. The van der Waals surface area contributed by atoms with E-state index >= 15 is 0 Å². The molecule has 1 aromatic heterocycles. The first-order chi connectivity index (χ1) is 19.4. The summed E-state index contributed by atoms with van der Waals surface area (Å²) in [6, 6.07) is 26.9. The zero-order valence-corrected chi connectivity index (χ0v) is 21.4. The highest BCUT2D eigenvalue weighted by Gasteiger charge is 2.20. The van der Waals surface area contributed by atoms with Crippen LogP contribution in [0.25, 0.3) is 10.9 Å². The number of hydrogen-bond donors (Lipinski definition) is 4. The van der Waals surface area contributed by atoms with Crippen LogP contribution in [-0.2, 0) is 11.3 Å². The van der Waals surface area contributed by atoms with E-state index in [1.165, 1.54) is 19.2 Å². The van der Waals surface area contributed by atoms with E-state index in [0.717, 1.165) is 11.1 Å². The van der Waals surface area contributed by atoms with Gasteiger partial charge in [-0.3, -0.25) is 0 Å². The first-order valence-electron chi connectivity index (χ1n) is 12.4. The smallest absolute Gasteiger partial charge is 0.337 e. The van der Waals surface area contributed by atoms with Crippen molar-refractivity contribution in [3.05, 3.63) is 125 Å². The van der Waals surface area contributed by atoms with E-state index < -0.39 is 12.0 Å². The maximum atomic E-state index is 13.1. The number of amides is 2. The van der Waals surface area contributed by atoms with Crippen molar-refractivity contribution in [3.8, 4) is 5.88 Å². The molecule has 4 aromatic carbocycles. The number of ether oxygens (including phenoxy) is 1. The summed E-state index contributed by atoms with van der Waals surface area (Å²) in [7, 11) is 1.31. The van der Waals surface area contributed by atoms with E-state index in [2.05, 4.69) is 15.6 Å². The van der Waals surface area contributed by atoms with Gasteiger partial charge in [0, 0.05) is 28.7 Å². The van der Waals surface area contributed by atoms with E-state index in [4.69, 9.17) is 9.73 Å². The fraction of sp³-hybridized carbons (Fsp3) is 0.0645. The van der Waals surface area contributed by atoms with Crippen molar-refractivity contribution < 1.29 is 23.8 Å². The predicted molar refractivity (Wildman–Crippen MR) is 152 cm³/mol. The maximum absolute atomic E-state index is 13.1. The summed E-state index contributed by atoms with van der Waals surface area (Å²) >= 11 is 0. The number of hydrogen-bond acceptors (Lipinski definition) is 5. The van der Waals surface area contributed by atoms with E-state index in [0.29, 0.717) is 39.1 Å². The number of carbonyl (C=O) groups excluding carboxylic acids is 2. The largest absolute Gasteiger partial charge is 0.494 e. The van der Waals surface area contributed by atoms with Gasteiger partial charge in [-0.05, 0) is 54.1 Å². The summed E-state index contributed by atoms with van der Waals surface area (Å²) in [5.41, 5.74) is 4.62. The number of benzene rings is 4. The molecule has 0 unspecified atom stereocenters. The van der Waals surface area contributed by atoms with E-state index in [1.54, 1.807) is 54.6 Å². The molecule has 0 aliphatic carbocycles. The molecule has 0 aliphatic rings. The van der Waals surface area contributed by atoms with Crippen molar-refractivity contribution in [2.75, 3.05) is 12.4 Å². The fourth-order valence-corrected chi connectivity index (χ4v) is 4.24. The number of fused-ring (bicyclic) bond motifs is 1. The van der Waals surface area contributed by atoms with Crippen LogP contribution in [0.5, 0.6) is 5.88 Å². The van der Waals surface area contributed by atoms with Crippen LogP contribution in [0.1, 0.15) is 27.0 Å². The minimum atomic E-state index is -0.479. The van der Waals surface area contributed by atoms with Crippen molar-refractivity contribution >= 4 is 40.0 Å². The normalized spacial score (nSPS) is 11.3. The van der Waals surface area contributed by atoms with Gasteiger partial charge in [0.15, 0.2) is 5.88 Å². The van der Waals surface area contributed by atoms with Crippen LogP contribution in [0.3, 0.4) is 0 Å². The molecule has 0 aliphatic heterocycles. The SMILES string of the molecule is COC(=O)c1ccc2c(C(=Nc3ccc(NC(=O)NCc4ccc(F)cc4)cc3)c3ccccc3)c(O)[nH]c2c1. The Bertz CT molecular complexity index is 1700. The van der Waals surface area contributed by atoms with Crippen molar-refractivity contribution in [1.29, 1.82) is 0 Å². The Morgan fingerprint density at radius 3 is 2.35 bits per heavy atom. The van der Waals surface area contributed by atoms with Crippen molar-refractivity contribution in [2.45, 2.75) is 6.54 Å². The number of methoxy groups -OCH3 is 1. The summed E-state index contributed by atoms with van der Waals surface area (Å²) < 4.78 is 17.9. The lowest BCUT2D eigenvalue weighted by molar-refractivity contribution is 0.0601.